The maximum Gasteiger partial charge on any atom is 0.135 e. The minimum atomic E-state index is 0.392. The standard InChI is InChI=1S/C14H20IN5O/c1-21-8-7-19-6-2-3-10(9-19)20-11-4-5-17-14(16)12(11)13(15)18-20/h4-5,10H,2-3,6-9H2,1H3,(H2,16,17). The lowest BCUT2D eigenvalue weighted by atomic mass is 10.1. The minimum absolute atomic E-state index is 0.392. The van der Waals surface area contributed by atoms with Gasteiger partial charge in [0.2, 0.25) is 0 Å². The first-order valence-electron chi connectivity index (χ1n) is 7.20. The van der Waals surface area contributed by atoms with Crippen LogP contribution in [0.15, 0.2) is 12.3 Å². The quantitative estimate of drug-likeness (QED) is 0.793. The largest absolute Gasteiger partial charge is 0.383 e. The number of rotatable bonds is 4. The highest BCUT2D eigenvalue weighted by Gasteiger charge is 2.24. The molecule has 21 heavy (non-hydrogen) atoms. The number of nitrogens with zero attached hydrogens (tertiary/aromatic N) is 4. The Kier molecular flexibility index (Phi) is 4.60. The maximum absolute atomic E-state index is 6.00. The molecular formula is C14H20IN5O. The molecular weight excluding hydrogens is 381 g/mol. The second kappa shape index (κ2) is 6.45. The van der Waals surface area contributed by atoms with Gasteiger partial charge in [-0.1, -0.05) is 0 Å². The van der Waals surface area contributed by atoms with Crippen LogP contribution in [0.2, 0.25) is 0 Å². The summed E-state index contributed by atoms with van der Waals surface area (Å²) in [4.78, 5) is 6.62. The molecule has 2 aromatic heterocycles. The molecule has 2 aromatic rings. The average molecular weight is 401 g/mol. The summed E-state index contributed by atoms with van der Waals surface area (Å²) < 4.78 is 8.25. The van der Waals surface area contributed by atoms with Crippen molar-refractivity contribution in [2.75, 3.05) is 39.1 Å². The summed E-state index contributed by atoms with van der Waals surface area (Å²) in [6, 6.07) is 2.40. The molecule has 0 radical (unpaired) electrons. The summed E-state index contributed by atoms with van der Waals surface area (Å²) in [7, 11) is 1.75. The number of hydrogen-bond donors (Lipinski definition) is 1. The number of aromatic nitrogens is 3. The van der Waals surface area contributed by atoms with Crippen molar-refractivity contribution in [3.05, 3.63) is 16.0 Å². The van der Waals surface area contributed by atoms with Gasteiger partial charge in [0.15, 0.2) is 0 Å². The van der Waals surface area contributed by atoms with Crippen LogP contribution in [0.5, 0.6) is 0 Å². The number of hydrogen-bond acceptors (Lipinski definition) is 5. The van der Waals surface area contributed by atoms with Gasteiger partial charge in [0.05, 0.1) is 23.6 Å². The van der Waals surface area contributed by atoms with E-state index >= 15 is 0 Å². The number of anilines is 1. The summed E-state index contributed by atoms with van der Waals surface area (Å²) in [6.45, 7) is 3.91. The Morgan fingerprint density at radius 3 is 3.19 bits per heavy atom. The minimum Gasteiger partial charge on any atom is -0.383 e. The molecule has 1 atom stereocenters. The number of nitrogens with two attached hydrogens (primary N) is 1. The molecule has 1 aliphatic heterocycles. The van der Waals surface area contributed by atoms with Crippen molar-refractivity contribution in [3.8, 4) is 0 Å². The third-order valence-corrected chi connectivity index (χ3v) is 4.80. The van der Waals surface area contributed by atoms with Crippen LogP contribution in [0.25, 0.3) is 10.9 Å². The SMILES string of the molecule is COCCN1CCCC(n2nc(I)c3c(N)nccc32)C1. The molecule has 0 amide bonds. The van der Waals surface area contributed by atoms with Crippen LogP contribution >= 0.6 is 22.6 Å². The zero-order chi connectivity index (χ0) is 14.8. The van der Waals surface area contributed by atoms with Crippen LogP contribution in [0, 0.1) is 3.70 Å². The molecule has 0 aliphatic carbocycles. The first-order chi connectivity index (χ1) is 10.2. The molecule has 114 valence electrons. The second-order valence-electron chi connectivity index (χ2n) is 5.42. The molecule has 0 saturated carbocycles. The molecule has 1 unspecified atom stereocenters. The van der Waals surface area contributed by atoms with Crippen molar-refractivity contribution in [1.82, 2.24) is 19.7 Å². The Hall–Kier alpha value is -0.930. The van der Waals surface area contributed by atoms with Gasteiger partial charge in [-0.25, -0.2) is 4.98 Å². The van der Waals surface area contributed by atoms with Gasteiger partial charge in [0.25, 0.3) is 0 Å². The normalized spacial score (nSPS) is 20.2. The van der Waals surface area contributed by atoms with E-state index in [0.29, 0.717) is 11.9 Å². The Labute approximate surface area is 137 Å². The van der Waals surface area contributed by atoms with E-state index in [4.69, 9.17) is 15.6 Å². The average Bonchev–Trinajstić information content (AvgIpc) is 2.84. The molecule has 1 saturated heterocycles. The lowest BCUT2D eigenvalue weighted by Crippen LogP contribution is -2.38. The van der Waals surface area contributed by atoms with Gasteiger partial charge in [-0.2, -0.15) is 5.10 Å². The van der Waals surface area contributed by atoms with Gasteiger partial charge >= 0.3 is 0 Å². The molecule has 7 heteroatoms. The first-order valence-corrected chi connectivity index (χ1v) is 8.28. The second-order valence-corrected chi connectivity index (χ2v) is 6.44. The van der Waals surface area contributed by atoms with Crippen molar-refractivity contribution in [2.45, 2.75) is 18.9 Å². The number of fused-ring (bicyclic) bond motifs is 1. The first kappa shape index (κ1) is 15.0. The number of pyridine rings is 1. The Balaban J connectivity index is 1.88. The molecule has 3 rings (SSSR count). The fourth-order valence-corrected chi connectivity index (χ4v) is 3.79. The maximum atomic E-state index is 6.00. The van der Waals surface area contributed by atoms with Crippen LogP contribution in [0.4, 0.5) is 5.82 Å². The van der Waals surface area contributed by atoms with E-state index in [2.05, 4.69) is 37.2 Å². The molecule has 1 aliphatic rings. The lowest BCUT2D eigenvalue weighted by molar-refractivity contribution is 0.114. The number of ether oxygens (including phenoxy) is 1. The fraction of sp³-hybridized carbons (Fsp3) is 0.571. The van der Waals surface area contributed by atoms with E-state index in [1.54, 1.807) is 13.3 Å². The van der Waals surface area contributed by atoms with Crippen LogP contribution in [-0.4, -0.2) is 53.0 Å². The third-order valence-electron chi connectivity index (χ3n) is 4.05. The predicted molar refractivity (Wildman–Crippen MR) is 91.2 cm³/mol. The topological polar surface area (TPSA) is 69.2 Å². The highest BCUT2D eigenvalue weighted by molar-refractivity contribution is 14.1. The van der Waals surface area contributed by atoms with Gasteiger partial charge in [0.1, 0.15) is 9.52 Å². The Bertz CT molecular complexity index is 629. The van der Waals surface area contributed by atoms with E-state index < -0.39 is 0 Å². The molecule has 0 bridgehead atoms. The summed E-state index contributed by atoms with van der Waals surface area (Å²) in [6.07, 6.45) is 4.10. The van der Waals surface area contributed by atoms with Crippen molar-refractivity contribution in [1.29, 1.82) is 0 Å². The summed E-state index contributed by atoms with van der Waals surface area (Å²) in [5.74, 6) is 0.565. The van der Waals surface area contributed by atoms with Crippen molar-refractivity contribution >= 4 is 39.3 Å². The fourth-order valence-electron chi connectivity index (χ4n) is 3.00. The van der Waals surface area contributed by atoms with Crippen LogP contribution in [0.1, 0.15) is 18.9 Å². The third kappa shape index (κ3) is 3.00. The van der Waals surface area contributed by atoms with E-state index in [0.717, 1.165) is 47.3 Å². The summed E-state index contributed by atoms with van der Waals surface area (Å²) >= 11 is 2.24. The summed E-state index contributed by atoms with van der Waals surface area (Å²) in [5.41, 5.74) is 7.09. The predicted octanol–water partition coefficient (Wildman–Crippen LogP) is 1.90. The number of methoxy groups -OCH3 is 1. The highest BCUT2D eigenvalue weighted by atomic mass is 127. The zero-order valence-electron chi connectivity index (χ0n) is 12.1. The van der Waals surface area contributed by atoms with Crippen LogP contribution in [-0.2, 0) is 4.74 Å². The van der Waals surface area contributed by atoms with Crippen molar-refractivity contribution in [3.63, 3.8) is 0 Å². The van der Waals surface area contributed by atoms with Gasteiger partial charge in [0, 0.05) is 26.4 Å². The smallest absolute Gasteiger partial charge is 0.135 e. The zero-order valence-corrected chi connectivity index (χ0v) is 14.3. The molecule has 6 nitrogen and oxygen atoms in total. The highest BCUT2D eigenvalue weighted by Crippen LogP contribution is 2.30. The number of nitrogen functional groups attached to an aromatic ring is 1. The molecule has 2 N–H and O–H groups in total. The Morgan fingerprint density at radius 1 is 1.52 bits per heavy atom. The van der Waals surface area contributed by atoms with Gasteiger partial charge < -0.3 is 10.5 Å². The van der Waals surface area contributed by atoms with Gasteiger partial charge in [-0.3, -0.25) is 9.58 Å². The van der Waals surface area contributed by atoms with Gasteiger partial charge in [-0.05, 0) is 48.0 Å². The molecule has 0 aromatic carbocycles. The van der Waals surface area contributed by atoms with E-state index in [1.807, 2.05) is 6.07 Å². The van der Waals surface area contributed by atoms with Crippen molar-refractivity contribution < 1.29 is 4.74 Å². The van der Waals surface area contributed by atoms with E-state index in [1.165, 1.54) is 6.42 Å². The molecule has 3 heterocycles. The van der Waals surface area contributed by atoms with Crippen molar-refractivity contribution in [2.24, 2.45) is 0 Å². The van der Waals surface area contributed by atoms with Gasteiger partial charge in [-0.15, -0.1) is 0 Å². The monoisotopic (exact) mass is 401 g/mol. The van der Waals surface area contributed by atoms with Crippen LogP contribution < -0.4 is 5.73 Å². The number of piperidine rings is 1. The Morgan fingerprint density at radius 2 is 2.38 bits per heavy atom. The van der Waals surface area contributed by atoms with E-state index in [-0.39, 0.29) is 0 Å². The number of halogens is 1. The molecule has 1 fully saturated rings. The van der Waals surface area contributed by atoms with E-state index in [9.17, 15) is 0 Å². The number of likely N-dealkylation sites (tertiary alicyclic amines) is 1. The van der Waals surface area contributed by atoms with Crippen LogP contribution in [0.3, 0.4) is 0 Å². The lowest BCUT2D eigenvalue weighted by Gasteiger charge is -2.32. The summed E-state index contributed by atoms with van der Waals surface area (Å²) in [5, 5.41) is 5.69. The molecule has 0 spiro atoms.